The highest BCUT2D eigenvalue weighted by Crippen LogP contribution is 2.12. The summed E-state index contributed by atoms with van der Waals surface area (Å²) in [4.78, 5) is 11.7. The lowest BCUT2D eigenvalue weighted by molar-refractivity contribution is -0.128. The summed E-state index contributed by atoms with van der Waals surface area (Å²) < 4.78 is 22.1. The van der Waals surface area contributed by atoms with Crippen molar-refractivity contribution in [1.29, 1.82) is 0 Å². The number of carbonyl (C=O) groups is 1. The number of hydrogen-bond donors (Lipinski definition) is 2. The van der Waals surface area contributed by atoms with Gasteiger partial charge in [-0.25, -0.2) is 8.42 Å². The van der Waals surface area contributed by atoms with Gasteiger partial charge in [-0.05, 0) is 20.3 Å². The van der Waals surface area contributed by atoms with Crippen molar-refractivity contribution < 1.29 is 13.2 Å². The topological polar surface area (TPSA) is 75.3 Å². The van der Waals surface area contributed by atoms with Crippen LogP contribution in [0.5, 0.6) is 0 Å². The maximum atomic E-state index is 11.7. The molecule has 17 heavy (non-hydrogen) atoms. The molecule has 1 aliphatic rings. The standard InChI is InChI=1S/C10H20N2O3S.ClH/c1-10(2,4-5-16(3,14)15)12-9(13)8-6-11-7-8;/h8,11H,4-7H2,1-3H3,(H,12,13);1H. The van der Waals surface area contributed by atoms with Crippen molar-refractivity contribution >= 4 is 28.2 Å². The summed E-state index contributed by atoms with van der Waals surface area (Å²) in [5.41, 5.74) is -0.463. The van der Waals surface area contributed by atoms with Crippen LogP contribution >= 0.6 is 12.4 Å². The number of rotatable bonds is 5. The molecule has 0 saturated carbocycles. The van der Waals surface area contributed by atoms with E-state index in [0.29, 0.717) is 19.5 Å². The SMILES string of the molecule is CC(C)(CCS(C)(=O)=O)NC(=O)C1CNC1.Cl. The highest BCUT2D eigenvalue weighted by molar-refractivity contribution is 7.90. The van der Waals surface area contributed by atoms with E-state index in [1.807, 2.05) is 13.8 Å². The Labute approximate surface area is 109 Å². The molecule has 2 N–H and O–H groups in total. The zero-order valence-electron chi connectivity index (χ0n) is 10.4. The predicted octanol–water partition coefficient (Wildman–Crippen LogP) is -0.0429. The molecule has 0 aromatic carbocycles. The molecule has 0 spiro atoms. The van der Waals surface area contributed by atoms with Crippen molar-refractivity contribution in [1.82, 2.24) is 10.6 Å². The first-order chi connectivity index (χ1) is 7.20. The van der Waals surface area contributed by atoms with Gasteiger partial charge in [0, 0.05) is 24.9 Å². The van der Waals surface area contributed by atoms with Gasteiger partial charge in [-0.15, -0.1) is 12.4 Å². The molecule has 0 unspecified atom stereocenters. The quantitative estimate of drug-likeness (QED) is 0.743. The summed E-state index contributed by atoms with van der Waals surface area (Å²) in [5.74, 6) is 0.151. The normalized spacial score (nSPS) is 16.9. The summed E-state index contributed by atoms with van der Waals surface area (Å²) in [7, 11) is -2.97. The Bertz CT molecular complexity index is 364. The fourth-order valence-corrected chi connectivity index (χ4v) is 2.29. The van der Waals surface area contributed by atoms with Crippen molar-refractivity contribution in [3.8, 4) is 0 Å². The number of halogens is 1. The Hall–Kier alpha value is -0.330. The van der Waals surface area contributed by atoms with E-state index in [-0.39, 0.29) is 30.0 Å². The molecule has 0 aromatic rings. The van der Waals surface area contributed by atoms with E-state index < -0.39 is 15.4 Å². The third-order valence-electron chi connectivity index (χ3n) is 2.71. The van der Waals surface area contributed by atoms with Crippen LogP contribution < -0.4 is 10.6 Å². The van der Waals surface area contributed by atoms with E-state index >= 15 is 0 Å². The molecule has 1 heterocycles. The smallest absolute Gasteiger partial charge is 0.226 e. The van der Waals surface area contributed by atoms with Crippen LogP contribution in [-0.2, 0) is 14.6 Å². The minimum absolute atomic E-state index is 0. The molecule has 0 aromatic heterocycles. The first-order valence-corrected chi connectivity index (χ1v) is 7.46. The largest absolute Gasteiger partial charge is 0.351 e. The van der Waals surface area contributed by atoms with E-state index in [1.165, 1.54) is 6.26 Å². The molecule has 0 aliphatic carbocycles. The molecule has 1 amide bonds. The third kappa shape index (κ3) is 6.24. The second-order valence-electron chi connectivity index (χ2n) is 5.11. The van der Waals surface area contributed by atoms with Gasteiger partial charge in [0.2, 0.25) is 5.91 Å². The highest BCUT2D eigenvalue weighted by Gasteiger charge is 2.29. The molecule has 0 atom stereocenters. The minimum Gasteiger partial charge on any atom is -0.351 e. The van der Waals surface area contributed by atoms with E-state index in [4.69, 9.17) is 0 Å². The van der Waals surface area contributed by atoms with Gasteiger partial charge in [0.25, 0.3) is 0 Å². The lowest BCUT2D eigenvalue weighted by Gasteiger charge is -2.32. The van der Waals surface area contributed by atoms with Crippen molar-refractivity contribution in [2.45, 2.75) is 25.8 Å². The van der Waals surface area contributed by atoms with Gasteiger partial charge >= 0.3 is 0 Å². The summed E-state index contributed by atoms with van der Waals surface area (Å²) >= 11 is 0. The van der Waals surface area contributed by atoms with Crippen LogP contribution in [0.4, 0.5) is 0 Å². The maximum absolute atomic E-state index is 11.7. The monoisotopic (exact) mass is 284 g/mol. The molecule has 1 saturated heterocycles. The molecule has 1 rings (SSSR count). The van der Waals surface area contributed by atoms with Crippen LogP contribution in [0.15, 0.2) is 0 Å². The molecule has 5 nitrogen and oxygen atoms in total. The average Bonchev–Trinajstić information content (AvgIpc) is 1.95. The Morgan fingerprint density at radius 2 is 1.94 bits per heavy atom. The molecular weight excluding hydrogens is 264 g/mol. The lowest BCUT2D eigenvalue weighted by atomic mass is 9.97. The molecule has 7 heteroatoms. The van der Waals surface area contributed by atoms with Gasteiger partial charge in [0.05, 0.1) is 11.7 Å². The fraction of sp³-hybridized carbons (Fsp3) is 0.900. The maximum Gasteiger partial charge on any atom is 0.226 e. The Morgan fingerprint density at radius 3 is 2.29 bits per heavy atom. The number of nitrogens with one attached hydrogen (secondary N) is 2. The Balaban J connectivity index is 0.00000256. The minimum atomic E-state index is -2.97. The van der Waals surface area contributed by atoms with Gasteiger partial charge in [0.1, 0.15) is 9.84 Å². The van der Waals surface area contributed by atoms with Gasteiger partial charge in [-0.3, -0.25) is 4.79 Å². The fourth-order valence-electron chi connectivity index (χ4n) is 1.41. The van der Waals surface area contributed by atoms with Gasteiger partial charge in [-0.1, -0.05) is 0 Å². The van der Waals surface area contributed by atoms with E-state index in [1.54, 1.807) is 0 Å². The number of sulfone groups is 1. The highest BCUT2D eigenvalue weighted by atomic mass is 35.5. The molecule has 0 radical (unpaired) electrons. The van der Waals surface area contributed by atoms with Crippen molar-refractivity contribution in [3.05, 3.63) is 0 Å². The van der Waals surface area contributed by atoms with Crippen molar-refractivity contribution in [3.63, 3.8) is 0 Å². The lowest BCUT2D eigenvalue weighted by Crippen LogP contribution is -2.55. The van der Waals surface area contributed by atoms with Crippen molar-refractivity contribution in [2.75, 3.05) is 25.1 Å². The number of carbonyl (C=O) groups excluding carboxylic acids is 1. The van der Waals surface area contributed by atoms with Crippen LogP contribution in [0.25, 0.3) is 0 Å². The van der Waals surface area contributed by atoms with Crippen LogP contribution in [-0.4, -0.2) is 45.0 Å². The summed E-state index contributed by atoms with van der Waals surface area (Å²) in [6.45, 7) is 5.13. The third-order valence-corrected chi connectivity index (χ3v) is 3.66. The van der Waals surface area contributed by atoms with Crippen molar-refractivity contribution in [2.24, 2.45) is 5.92 Å². The summed E-state index contributed by atoms with van der Waals surface area (Å²) in [6, 6.07) is 0. The predicted molar refractivity (Wildman–Crippen MR) is 70.2 cm³/mol. The molecule has 102 valence electrons. The van der Waals surface area contributed by atoms with Crippen LogP contribution in [0.1, 0.15) is 20.3 Å². The van der Waals surface area contributed by atoms with E-state index in [9.17, 15) is 13.2 Å². The molecule has 1 fully saturated rings. The summed E-state index contributed by atoms with van der Waals surface area (Å²) in [6.07, 6.45) is 1.65. The molecule has 0 bridgehead atoms. The summed E-state index contributed by atoms with van der Waals surface area (Å²) in [5, 5.41) is 5.91. The van der Waals surface area contributed by atoms with Gasteiger partial charge in [0.15, 0.2) is 0 Å². The van der Waals surface area contributed by atoms with Gasteiger partial charge in [-0.2, -0.15) is 0 Å². The van der Waals surface area contributed by atoms with Gasteiger partial charge < -0.3 is 10.6 Å². The first-order valence-electron chi connectivity index (χ1n) is 5.40. The first kappa shape index (κ1) is 16.7. The zero-order chi connectivity index (χ0) is 12.4. The second kappa shape index (κ2) is 6.02. The van der Waals surface area contributed by atoms with E-state index in [0.717, 1.165) is 0 Å². The van der Waals surface area contributed by atoms with Crippen LogP contribution in [0.3, 0.4) is 0 Å². The Morgan fingerprint density at radius 1 is 1.41 bits per heavy atom. The van der Waals surface area contributed by atoms with Crippen LogP contribution in [0, 0.1) is 5.92 Å². The molecular formula is C10H21ClN2O3S. The molecule has 1 aliphatic heterocycles. The number of hydrogen-bond acceptors (Lipinski definition) is 4. The second-order valence-corrected chi connectivity index (χ2v) is 7.37. The average molecular weight is 285 g/mol. The van der Waals surface area contributed by atoms with E-state index in [2.05, 4.69) is 10.6 Å². The zero-order valence-corrected chi connectivity index (χ0v) is 12.1. The number of amides is 1. The Kier molecular flexibility index (Phi) is 5.90. The van der Waals surface area contributed by atoms with Crippen LogP contribution in [0.2, 0.25) is 0 Å².